The van der Waals surface area contributed by atoms with Gasteiger partial charge in [0.2, 0.25) is 0 Å². The molecule has 0 saturated carbocycles. The van der Waals surface area contributed by atoms with Gasteiger partial charge >= 0.3 is 0 Å². The van der Waals surface area contributed by atoms with Crippen LogP contribution in [0.15, 0.2) is 36.4 Å². The molecule has 1 heterocycles. The summed E-state index contributed by atoms with van der Waals surface area (Å²) < 4.78 is 0. The summed E-state index contributed by atoms with van der Waals surface area (Å²) in [5.74, 6) is 2.65. The van der Waals surface area contributed by atoms with E-state index < -0.39 is 0 Å². The number of aromatic nitrogens is 2. The summed E-state index contributed by atoms with van der Waals surface area (Å²) in [4.78, 5) is 11.2. The molecule has 0 atom stereocenters. The summed E-state index contributed by atoms with van der Waals surface area (Å²) in [5.41, 5.74) is 1.12. The van der Waals surface area contributed by atoms with Crippen LogP contribution in [-0.2, 0) is 6.42 Å². The number of hydrogen-bond donors (Lipinski definition) is 1. The standard InChI is InChI=1S/C15H20N4/c1-4-8-13-17-14(16-2)11-15(18-13)19(3)12-9-6-5-7-10-12/h5-7,9-11H,4,8H2,1-3H3,(H,16,17,18). The Kier molecular flexibility index (Phi) is 4.34. The molecule has 2 rings (SSSR count). The van der Waals surface area contributed by atoms with E-state index in [1.54, 1.807) is 0 Å². The number of benzene rings is 1. The van der Waals surface area contributed by atoms with E-state index in [1.807, 2.05) is 38.4 Å². The number of aryl methyl sites for hydroxylation is 1. The van der Waals surface area contributed by atoms with Crippen LogP contribution in [0.3, 0.4) is 0 Å². The first-order valence-corrected chi connectivity index (χ1v) is 6.59. The molecule has 0 fully saturated rings. The number of nitrogens with zero attached hydrogens (tertiary/aromatic N) is 3. The predicted octanol–water partition coefficient (Wildman–Crippen LogP) is 3.24. The third kappa shape index (κ3) is 3.22. The fourth-order valence-corrected chi connectivity index (χ4v) is 1.90. The van der Waals surface area contributed by atoms with Crippen LogP contribution < -0.4 is 10.2 Å². The Morgan fingerprint density at radius 3 is 2.53 bits per heavy atom. The number of nitrogens with one attached hydrogen (secondary N) is 1. The molecule has 100 valence electrons. The molecule has 4 nitrogen and oxygen atoms in total. The van der Waals surface area contributed by atoms with Gasteiger partial charge in [0.1, 0.15) is 17.5 Å². The highest BCUT2D eigenvalue weighted by Crippen LogP contribution is 2.23. The molecule has 0 amide bonds. The van der Waals surface area contributed by atoms with Crippen LogP contribution in [0.5, 0.6) is 0 Å². The zero-order chi connectivity index (χ0) is 13.7. The first-order valence-electron chi connectivity index (χ1n) is 6.59. The van der Waals surface area contributed by atoms with Crippen LogP contribution in [0.1, 0.15) is 19.2 Å². The molecule has 0 bridgehead atoms. The van der Waals surface area contributed by atoms with Gasteiger partial charge in [0.05, 0.1) is 0 Å². The third-order valence-corrected chi connectivity index (χ3v) is 2.98. The monoisotopic (exact) mass is 256 g/mol. The first kappa shape index (κ1) is 13.3. The summed E-state index contributed by atoms with van der Waals surface area (Å²) in [5, 5.41) is 3.09. The quantitative estimate of drug-likeness (QED) is 0.891. The van der Waals surface area contributed by atoms with Gasteiger partial charge in [-0.1, -0.05) is 25.1 Å². The van der Waals surface area contributed by atoms with Gasteiger partial charge in [0.25, 0.3) is 0 Å². The highest BCUT2D eigenvalue weighted by Gasteiger charge is 2.09. The van der Waals surface area contributed by atoms with Gasteiger partial charge in [0.15, 0.2) is 0 Å². The van der Waals surface area contributed by atoms with Gasteiger partial charge in [-0.3, -0.25) is 0 Å². The number of hydrogen-bond acceptors (Lipinski definition) is 4. The Hall–Kier alpha value is -2.10. The van der Waals surface area contributed by atoms with E-state index in [9.17, 15) is 0 Å². The lowest BCUT2D eigenvalue weighted by Crippen LogP contribution is -2.13. The lowest BCUT2D eigenvalue weighted by atomic mass is 10.3. The second-order valence-corrected chi connectivity index (χ2v) is 4.42. The smallest absolute Gasteiger partial charge is 0.138 e. The molecular weight excluding hydrogens is 236 g/mol. The van der Waals surface area contributed by atoms with Crippen molar-refractivity contribution in [3.63, 3.8) is 0 Å². The van der Waals surface area contributed by atoms with Crippen molar-refractivity contribution in [1.29, 1.82) is 0 Å². The molecule has 0 aliphatic rings. The van der Waals surface area contributed by atoms with Crippen LogP contribution in [-0.4, -0.2) is 24.1 Å². The SMILES string of the molecule is CCCc1nc(NC)cc(N(C)c2ccccc2)n1. The molecule has 0 saturated heterocycles. The minimum absolute atomic E-state index is 0.858. The molecule has 1 N–H and O–H groups in total. The lowest BCUT2D eigenvalue weighted by Gasteiger charge is -2.19. The largest absolute Gasteiger partial charge is 0.373 e. The van der Waals surface area contributed by atoms with Gasteiger partial charge in [-0.15, -0.1) is 0 Å². The normalized spacial score (nSPS) is 10.3. The summed E-state index contributed by atoms with van der Waals surface area (Å²) >= 11 is 0. The lowest BCUT2D eigenvalue weighted by molar-refractivity contribution is 0.832. The molecule has 0 unspecified atom stereocenters. The Morgan fingerprint density at radius 1 is 1.16 bits per heavy atom. The number of para-hydroxylation sites is 1. The van der Waals surface area contributed by atoms with E-state index in [-0.39, 0.29) is 0 Å². The predicted molar refractivity (Wildman–Crippen MR) is 80.1 cm³/mol. The Morgan fingerprint density at radius 2 is 1.89 bits per heavy atom. The van der Waals surface area contributed by atoms with Crippen LogP contribution in [0.4, 0.5) is 17.3 Å². The maximum atomic E-state index is 4.62. The maximum absolute atomic E-state index is 4.62. The van der Waals surface area contributed by atoms with E-state index in [4.69, 9.17) is 0 Å². The van der Waals surface area contributed by atoms with E-state index >= 15 is 0 Å². The van der Waals surface area contributed by atoms with Crippen molar-refractivity contribution in [3.8, 4) is 0 Å². The topological polar surface area (TPSA) is 41.1 Å². The van der Waals surface area contributed by atoms with Gasteiger partial charge < -0.3 is 10.2 Å². The highest BCUT2D eigenvalue weighted by molar-refractivity contribution is 5.61. The van der Waals surface area contributed by atoms with Crippen molar-refractivity contribution in [2.75, 3.05) is 24.3 Å². The van der Waals surface area contributed by atoms with Crippen LogP contribution in [0.25, 0.3) is 0 Å². The minimum atomic E-state index is 0.858. The maximum Gasteiger partial charge on any atom is 0.138 e. The average Bonchev–Trinajstić information content (AvgIpc) is 2.47. The molecule has 4 heteroatoms. The molecule has 0 aliphatic heterocycles. The fourth-order valence-electron chi connectivity index (χ4n) is 1.90. The zero-order valence-corrected chi connectivity index (χ0v) is 11.7. The van der Waals surface area contributed by atoms with Crippen molar-refractivity contribution in [3.05, 3.63) is 42.2 Å². The molecule has 0 aliphatic carbocycles. The molecule has 0 radical (unpaired) electrons. The van der Waals surface area contributed by atoms with Crippen LogP contribution >= 0.6 is 0 Å². The van der Waals surface area contributed by atoms with Crippen LogP contribution in [0, 0.1) is 0 Å². The third-order valence-electron chi connectivity index (χ3n) is 2.98. The zero-order valence-electron chi connectivity index (χ0n) is 11.7. The molecule has 1 aromatic carbocycles. The molecular formula is C15H20N4. The summed E-state index contributed by atoms with van der Waals surface area (Å²) in [6, 6.07) is 12.2. The number of rotatable bonds is 5. The molecule has 19 heavy (non-hydrogen) atoms. The minimum Gasteiger partial charge on any atom is -0.373 e. The average molecular weight is 256 g/mol. The van der Waals surface area contributed by atoms with Gasteiger partial charge in [-0.25, -0.2) is 9.97 Å². The van der Waals surface area contributed by atoms with Crippen molar-refractivity contribution >= 4 is 17.3 Å². The fraction of sp³-hybridized carbons (Fsp3) is 0.333. The van der Waals surface area contributed by atoms with Crippen molar-refractivity contribution < 1.29 is 0 Å². The summed E-state index contributed by atoms with van der Waals surface area (Å²) in [6.45, 7) is 2.13. The van der Waals surface area contributed by atoms with Crippen LogP contribution in [0.2, 0.25) is 0 Å². The van der Waals surface area contributed by atoms with E-state index in [0.29, 0.717) is 0 Å². The molecule has 2 aromatic rings. The molecule has 1 aromatic heterocycles. The Labute approximate surface area is 114 Å². The van der Waals surface area contributed by atoms with E-state index in [0.717, 1.165) is 36.0 Å². The van der Waals surface area contributed by atoms with E-state index in [1.165, 1.54) is 0 Å². The van der Waals surface area contributed by atoms with Gasteiger partial charge in [-0.2, -0.15) is 0 Å². The van der Waals surface area contributed by atoms with Crippen molar-refractivity contribution in [2.24, 2.45) is 0 Å². The summed E-state index contributed by atoms with van der Waals surface area (Å²) in [6.07, 6.45) is 1.94. The summed E-state index contributed by atoms with van der Waals surface area (Å²) in [7, 11) is 3.90. The second-order valence-electron chi connectivity index (χ2n) is 4.42. The number of anilines is 3. The van der Waals surface area contributed by atoms with E-state index in [2.05, 4.69) is 39.2 Å². The Balaban J connectivity index is 2.35. The molecule has 0 spiro atoms. The van der Waals surface area contributed by atoms with Gasteiger partial charge in [-0.05, 0) is 18.6 Å². The first-order chi connectivity index (χ1) is 9.24. The van der Waals surface area contributed by atoms with Gasteiger partial charge in [0, 0.05) is 32.3 Å². The highest BCUT2D eigenvalue weighted by atomic mass is 15.2. The van der Waals surface area contributed by atoms with Crippen molar-refractivity contribution in [2.45, 2.75) is 19.8 Å². The second kappa shape index (κ2) is 6.18. The van der Waals surface area contributed by atoms with Crippen molar-refractivity contribution in [1.82, 2.24) is 9.97 Å². The Bertz CT molecular complexity index is 525.